The molecule has 0 fully saturated rings. The van der Waals surface area contributed by atoms with Crippen molar-refractivity contribution in [3.05, 3.63) is 132 Å². The molecule has 1 N–H and O–H groups in total. The minimum atomic E-state index is 1.08. The normalized spacial score (nSPS) is 10.2. The van der Waals surface area contributed by atoms with Crippen LogP contribution in [0.3, 0.4) is 0 Å². The van der Waals surface area contributed by atoms with Crippen molar-refractivity contribution in [3.63, 3.8) is 0 Å². The van der Waals surface area contributed by atoms with Crippen LogP contribution in [0.5, 0.6) is 0 Å². The zero-order valence-electron chi connectivity index (χ0n) is 15.0. The molecule has 0 saturated heterocycles. The quantitative estimate of drug-likeness (QED) is 0.382. The zero-order valence-corrected chi connectivity index (χ0v) is 15.0. The highest BCUT2D eigenvalue weighted by molar-refractivity contribution is 5.93. The molecule has 4 aromatic rings. The van der Waals surface area contributed by atoms with Crippen LogP contribution in [0.2, 0.25) is 0 Å². The van der Waals surface area contributed by atoms with Gasteiger partial charge in [-0.1, -0.05) is 97.1 Å². The van der Waals surface area contributed by atoms with Gasteiger partial charge in [0, 0.05) is 11.4 Å². The van der Waals surface area contributed by atoms with Gasteiger partial charge in [0.15, 0.2) is 0 Å². The molecule has 130 valence electrons. The maximum atomic E-state index is 3.54. The van der Waals surface area contributed by atoms with E-state index < -0.39 is 0 Å². The maximum Gasteiger partial charge on any atom is 0.0458 e. The van der Waals surface area contributed by atoms with E-state index in [0.29, 0.717) is 0 Å². The van der Waals surface area contributed by atoms with Gasteiger partial charge in [0.2, 0.25) is 0 Å². The summed E-state index contributed by atoms with van der Waals surface area (Å²) in [5, 5.41) is 3.54. The molecule has 1 nitrogen and oxygen atoms in total. The Kier molecular flexibility index (Phi) is 5.12. The molecule has 4 rings (SSSR count). The van der Waals surface area contributed by atoms with E-state index in [1.807, 2.05) is 18.2 Å². The van der Waals surface area contributed by atoms with Crippen LogP contribution in [0.4, 0.5) is 11.4 Å². The van der Waals surface area contributed by atoms with Gasteiger partial charge in [-0.25, -0.2) is 0 Å². The van der Waals surface area contributed by atoms with Crippen molar-refractivity contribution in [2.24, 2.45) is 0 Å². The Labute approximate surface area is 160 Å². The summed E-state index contributed by atoms with van der Waals surface area (Å²) in [6, 6.07) is 39.8. The fraction of sp³-hybridized carbons (Fsp3) is 0. The molecule has 0 aliphatic heterocycles. The summed E-state index contributed by atoms with van der Waals surface area (Å²) in [4.78, 5) is 0. The molecule has 0 atom stereocenters. The highest BCUT2D eigenvalue weighted by Crippen LogP contribution is 2.29. The van der Waals surface area contributed by atoms with Crippen LogP contribution in [0.1, 0.15) is 16.7 Å². The molecule has 4 aromatic carbocycles. The first-order valence-corrected chi connectivity index (χ1v) is 9.14. The largest absolute Gasteiger partial charge is 0.355 e. The molecule has 0 aromatic heterocycles. The lowest BCUT2D eigenvalue weighted by Gasteiger charge is -2.13. The smallest absolute Gasteiger partial charge is 0.0458 e. The minimum Gasteiger partial charge on any atom is -0.355 e. The van der Waals surface area contributed by atoms with Crippen molar-refractivity contribution in [2.45, 2.75) is 0 Å². The molecule has 0 radical (unpaired) electrons. The Morgan fingerprint density at radius 2 is 1.00 bits per heavy atom. The first-order valence-electron chi connectivity index (χ1n) is 9.14. The number of benzene rings is 4. The molecule has 0 aliphatic carbocycles. The second kappa shape index (κ2) is 8.20. The Bertz CT molecular complexity index is 978. The number of anilines is 2. The van der Waals surface area contributed by atoms with Crippen molar-refractivity contribution in [1.82, 2.24) is 0 Å². The van der Waals surface area contributed by atoms with Crippen LogP contribution in [-0.4, -0.2) is 0 Å². The first-order chi connectivity index (χ1) is 13.4. The van der Waals surface area contributed by atoms with Crippen molar-refractivity contribution in [2.75, 3.05) is 5.32 Å². The van der Waals surface area contributed by atoms with E-state index in [4.69, 9.17) is 0 Å². The molecule has 0 spiro atoms. The Morgan fingerprint density at radius 3 is 1.59 bits per heavy atom. The van der Waals surface area contributed by atoms with Crippen LogP contribution in [0.25, 0.3) is 11.6 Å². The molecule has 0 heterocycles. The predicted octanol–water partition coefficient (Wildman–Crippen LogP) is 7.02. The van der Waals surface area contributed by atoms with Gasteiger partial charge < -0.3 is 5.32 Å². The first kappa shape index (κ1) is 16.9. The molecule has 0 aliphatic rings. The summed E-state index contributed by atoms with van der Waals surface area (Å²) in [6.07, 6.45) is 2.26. The van der Waals surface area contributed by atoms with Crippen molar-refractivity contribution in [1.29, 1.82) is 0 Å². The van der Waals surface area contributed by atoms with E-state index in [0.717, 1.165) is 16.9 Å². The molecular weight excluding hydrogens is 326 g/mol. The highest BCUT2D eigenvalue weighted by Gasteiger charge is 2.07. The predicted molar refractivity (Wildman–Crippen MR) is 116 cm³/mol. The summed E-state index contributed by atoms with van der Waals surface area (Å²) in [6.45, 7) is 0. The molecule has 1 heteroatoms. The lowest BCUT2D eigenvalue weighted by atomic mass is 9.95. The van der Waals surface area contributed by atoms with Gasteiger partial charge in [-0.3, -0.25) is 0 Å². The molecule has 0 bridgehead atoms. The Balaban J connectivity index is 1.80. The third-order valence-electron chi connectivity index (χ3n) is 4.48. The van der Waals surface area contributed by atoms with Crippen LogP contribution in [0.15, 0.2) is 115 Å². The van der Waals surface area contributed by atoms with Gasteiger partial charge in [-0.2, -0.15) is 0 Å². The van der Waals surface area contributed by atoms with Gasteiger partial charge in [-0.05, 0) is 46.5 Å². The Hall–Kier alpha value is -3.58. The molecular formula is C26H21N. The van der Waals surface area contributed by atoms with E-state index in [2.05, 4.69) is 108 Å². The third kappa shape index (κ3) is 4.16. The standard InChI is InChI=1S/C26H21N/c1-4-12-21(13-5-1)25(22-14-6-2-7-15-22)20-23-16-10-11-19-26(23)27-24-17-8-3-9-18-24/h1-20,27H. The summed E-state index contributed by atoms with van der Waals surface area (Å²) in [5.41, 5.74) is 6.95. The number of hydrogen-bond donors (Lipinski definition) is 1. The lowest BCUT2D eigenvalue weighted by molar-refractivity contribution is 1.52. The number of rotatable bonds is 5. The van der Waals surface area contributed by atoms with Gasteiger partial charge in [0.25, 0.3) is 0 Å². The van der Waals surface area contributed by atoms with E-state index in [1.165, 1.54) is 16.7 Å². The third-order valence-corrected chi connectivity index (χ3v) is 4.48. The van der Waals surface area contributed by atoms with Gasteiger partial charge >= 0.3 is 0 Å². The maximum absolute atomic E-state index is 3.54. The highest BCUT2D eigenvalue weighted by atomic mass is 14.9. The van der Waals surface area contributed by atoms with Crippen molar-refractivity contribution >= 4 is 23.0 Å². The number of hydrogen-bond acceptors (Lipinski definition) is 1. The van der Waals surface area contributed by atoms with E-state index in [1.54, 1.807) is 0 Å². The van der Waals surface area contributed by atoms with Crippen LogP contribution >= 0.6 is 0 Å². The topological polar surface area (TPSA) is 12.0 Å². The van der Waals surface area contributed by atoms with Gasteiger partial charge in [0.05, 0.1) is 0 Å². The molecule has 0 saturated carbocycles. The van der Waals surface area contributed by atoms with Crippen LogP contribution < -0.4 is 5.32 Å². The molecule has 27 heavy (non-hydrogen) atoms. The van der Waals surface area contributed by atoms with E-state index in [9.17, 15) is 0 Å². The summed E-state index contributed by atoms with van der Waals surface area (Å²) >= 11 is 0. The van der Waals surface area contributed by atoms with Crippen molar-refractivity contribution in [3.8, 4) is 0 Å². The lowest BCUT2D eigenvalue weighted by Crippen LogP contribution is -1.94. The van der Waals surface area contributed by atoms with E-state index >= 15 is 0 Å². The molecule has 0 amide bonds. The van der Waals surface area contributed by atoms with Crippen LogP contribution in [-0.2, 0) is 0 Å². The van der Waals surface area contributed by atoms with Crippen molar-refractivity contribution < 1.29 is 0 Å². The fourth-order valence-corrected chi connectivity index (χ4v) is 3.14. The second-order valence-electron chi connectivity index (χ2n) is 6.37. The minimum absolute atomic E-state index is 1.08. The van der Waals surface area contributed by atoms with Gasteiger partial charge in [-0.15, -0.1) is 0 Å². The Morgan fingerprint density at radius 1 is 0.519 bits per heavy atom. The summed E-state index contributed by atoms with van der Waals surface area (Å²) in [5.74, 6) is 0. The van der Waals surface area contributed by atoms with E-state index in [-0.39, 0.29) is 0 Å². The van der Waals surface area contributed by atoms with Gasteiger partial charge in [0.1, 0.15) is 0 Å². The summed E-state index contributed by atoms with van der Waals surface area (Å²) in [7, 11) is 0. The average Bonchev–Trinajstić information content (AvgIpc) is 2.75. The molecule has 0 unspecified atom stereocenters. The zero-order chi connectivity index (χ0) is 18.3. The van der Waals surface area contributed by atoms with Crippen LogP contribution in [0, 0.1) is 0 Å². The SMILES string of the molecule is C(=C(c1ccccc1)c1ccccc1)c1ccccc1Nc1ccccc1. The second-order valence-corrected chi connectivity index (χ2v) is 6.37. The average molecular weight is 347 g/mol. The fourth-order valence-electron chi connectivity index (χ4n) is 3.14. The number of nitrogens with one attached hydrogen (secondary N) is 1. The summed E-state index contributed by atoms with van der Waals surface area (Å²) < 4.78 is 0. The monoisotopic (exact) mass is 347 g/mol. The number of para-hydroxylation sites is 2.